The predicted octanol–water partition coefficient (Wildman–Crippen LogP) is 4.00. The Hall–Kier alpha value is -1.35. The zero-order valence-corrected chi connectivity index (χ0v) is 13.8. The van der Waals surface area contributed by atoms with Crippen LogP contribution in [0.2, 0.25) is 0 Å². The normalized spacial score (nSPS) is 15.6. The van der Waals surface area contributed by atoms with Gasteiger partial charge in [0.25, 0.3) is 0 Å². The minimum Gasteiger partial charge on any atom is -0.466 e. The Morgan fingerprint density at radius 1 is 1.24 bits per heavy atom. The number of rotatable bonds is 7. The molecule has 0 aliphatic carbocycles. The van der Waals surface area contributed by atoms with Gasteiger partial charge in [-0.15, -0.1) is 0 Å². The molecule has 0 aliphatic heterocycles. The van der Waals surface area contributed by atoms with Gasteiger partial charge >= 0.3 is 5.97 Å². The zero-order valence-electron chi connectivity index (χ0n) is 13.8. The van der Waals surface area contributed by atoms with E-state index in [-0.39, 0.29) is 5.97 Å². The summed E-state index contributed by atoms with van der Waals surface area (Å²) in [7, 11) is 0. The molecule has 0 heterocycles. The Kier molecular flexibility index (Phi) is 6.41. The monoisotopic (exact) mass is 292 g/mol. The molecule has 0 aromatic heterocycles. The molecule has 2 atom stereocenters. The van der Waals surface area contributed by atoms with E-state index in [4.69, 9.17) is 4.74 Å². The Bertz CT molecular complexity index is 446. The third-order valence-corrected chi connectivity index (χ3v) is 3.99. The summed E-state index contributed by atoms with van der Waals surface area (Å²) in [5, 5.41) is 10.9. The van der Waals surface area contributed by atoms with E-state index in [1.165, 1.54) is 5.56 Å². The SMILES string of the molecule is CCCC(C(=O)OCC)C(C)(O)c1ccc(C(C)C)cc1. The summed E-state index contributed by atoms with van der Waals surface area (Å²) < 4.78 is 5.13. The van der Waals surface area contributed by atoms with E-state index in [1.807, 2.05) is 31.2 Å². The van der Waals surface area contributed by atoms with Crippen LogP contribution in [0.3, 0.4) is 0 Å². The van der Waals surface area contributed by atoms with Crippen LogP contribution in [0.1, 0.15) is 64.5 Å². The van der Waals surface area contributed by atoms with Crippen LogP contribution in [-0.2, 0) is 15.1 Å². The summed E-state index contributed by atoms with van der Waals surface area (Å²) in [6.45, 7) is 10.1. The molecular formula is C18H28O3. The fourth-order valence-electron chi connectivity index (χ4n) is 2.57. The zero-order chi connectivity index (χ0) is 16.0. The van der Waals surface area contributed by atoms with Gasteiger partial charge in [0.1, 0.15) is 5.60 Å². The van der Waals surface area contributed by atoms with Crippen LogP contribution in [0.5, 0.6) is 0 Å². The maximum Gasteiger partial charge on any atom is 0.312 e. The first-order chi connectivity index (χ1) is 9.84. The van der Waals surface area contributed by atoms with Crippen molar-refractivity contribution in [2.75, 3.05) is 6.61 Å². The molecule has 0 amide bonds. The Labute approximate surface area is 128 Å². The lowest BCUT2D eigenvalue weighted by molar-refractivity contribution is -0.158. The topological polar surface area (TPSA) is 46.5 Å². The minimum atomic E-state index is -1.21. The summed E-state index contributed by atoms with van der Waals surface area (Å²) in [6, 6.07) is 7.86. The van der Waals surface area contributed by atoms with Crippen molar-refractivity contribution in [1.29, 1.82) is 0 Å². The van der Waals surface area contributed by atoms with Gasteiger partial charge in [-0.1, -0.05) is 51.5 Å². The molecular weight excluding hydrogens is 264 g/mol. The quantitative estimate of drug-likeness (QED) is 0.773. The van der Waals surface area contributed by atoms with Crippen molar-refractivity contribution in [3.8, 4) is 0 Å². The number of carbonyl (C=O) groups excluding carboxylic acids is 1. The number of carbonyl (C=O) groups is 1. The van der Waals surface area contributed by atoms with Crippen molar-refractivity contribution in [2.45, 2.75) is 59.0 Å². The van der Waals surface area contributed by atoms with Crippen LogP contribution in [0.25, 0.3) is 0 Å². The maximum atomic E-state index is 12.1. The summed E-state index contributed by atoms with van der Waals surface area (Å²) >= 11 is 0. The molecule has 2 unspecified atom stereocenters. The molecule has 1 rings (SSSR count). The van der Waals surface area contributed by atoms with Crippen LogP contribution in [0, 0.1) is 5.92 Å². The van der Waals surface area contributed by atoms with Gasteiger partial charge < -0.3 is 9.84 Å². The van der Waals surface area contributed by atoms with Crippen LogP contribution >= 0.6 is 0 Å². The van der Waals surface area contributed by atoms with Crippen molar-refractivity contribution in [3.63, 3.8) is 0 Å². The van der Waals surface area contributed by atoms with E-state index in [0.717, 1.165) is 12.0 Å². The lowest BCUT2D eigenvalue weighted by Gasteiger charge is -2.32. The minimum absolute atomic E-state index is 0.322. The second kappa shape index (κ2) is 7.60. The second-order valence-corrected chi connectivity index (χ2v) is 6.02. The van der Waals surface area contributed by atoms with Gasteiger partial charge in [0.15, 0.2) is 0 Å². The summed E-state index contributed by atoms with van der Waals surface area (Å²) in [5.41, 5.74) is 0.772. The fourth-order valence-corrected chi connectivity index (χ4v) is 2.57. The highest BCUT2D eigenvalue weighted by atomic mass is 16.5. The van der Waals surface area contributed by atoms with E-state index < -0.39 is 11.5 Å². The number of hydrogen-bond acceptors (Lipinski definition) is 3. The Morgan fingerprint density at radius 3 is 2.24 bits per heavy atom. The largest absolute Gasteiger partial charge is 0.466 e. The molecule has 3 heteroatoms. The lowest BCUT2D eigenvalue weighted by Crippen LogP contribution is -2.38. The van der Waals surface area contributed by atoms with Gasteiger partial charge in [0, 0.05) is 0 Å². The van der Waals surface area contributed by atoms with Gasteiger partial charge in [-0.3, -0.25) is 4.79 Å². The van der Waals surface area contributed by atoms with Crippen molar-refractivity contribution in [1.82, 2.24) is 0 Å². The van der Waals surface area contributed by atoms with Crippen molar-refractivity contribution in [3.05, 3.63) is 35.4 Å². The molecule has 0 aliphatic rings. The summed E-state index contributed by atoms with van der Waals surface area (Å²) in [4.78, 5) is 12.1. The smallest absolute Gasteiger partial charge is 0.312 e. The van der Waals surface area contributed by atoms with Crippen LogP contribution in [0.4, 0.5) is 0 Å². The first-order valence-electron chi connectivity index (χ1n) is 7.84. The molecule has 0 saturated heterocycles. The highest BCUT2D eigenvalue weighted by molar-refractivity contribution is 5.74. The molecule has 1 aromatic rings. The summed E-state index contributed by atoms with van der Waals surface area (Å²) in [5.74, 6) is -0.412. The number of hydrogen-bond donors (Lipinski definition) is 1. The number of benzene rings is 1. The Balaban J connectivity index is 3.06. The van der Waals surface area contributed by atoms with Crippen molar-refractivity contribution < 1.29 is 14.6 Å². The molecule has 0 bridgehead atoms. The lowest BCUT2D eigenvalue weighted by atomic mass is 9.80. The number of aliphatic hydroxyl groups is 1. The highest BCUT2D eigenvalue weighted by Gasteiger charge is 2.39. The third-order valence-electron chi connectivity index (χ3n) is 3.99. The second-order valence-electron chi connectivity index (χ2n) is 6.02. The molecule has 3 nitrogen and oxygen atoms in total. The third kappa shape index (κ3) is 4.31. The van der Waals surface area contributed by atoms with Crippen LogP contribution < -0.4 is 0 Å². The fraction of sp³-hybridized carbons (Fsp3) is 0.611. The number of esters is 1. The van der Waals surface area contributed by atoms with Gasteiger partial charge in [-0.2, -0.15) is 0 Å². The van der Waals surface area contributed by atoms with E-state index in [2.05, 4.69) is 13.8 Å². The molecule has 0 radical (unpaired) electrons. The molecule has 1 aromatic carbocycles. The van der Waals surface area contributed by atoms with Crippen LogP contribution in [-0.4, -0.2) is 17.7 Å². The average molecular weight is 292 g/mol. The van der Waals surface area contributed by atoms with Gasteiger partial charge in [0.2, 0.25) is 0 Å². The standard InChI is InChI=1S/C18H28O3/c1-6-8-16(17(19)21-7-2)18(5,20)15-11-9-14(10-12-15)13(3)4/h9-13,16,20H,6-8H2,1-5H3. The molecule has 0 saturated carbocycles. The summed E-state index contributed by atoms with van der Waals surface area (Å²) in [6.07, 6.45) is 1.43. The molecule has 0 fully saturated rings. The molecule has 0 spiro atoms. The Morgan fingerprint density at radius 2 is 1.81 bits per heavy atom. The molecule has 1 N–H and O–H groups in total. The maximum absolute atomic E-state index is 12.1. The molecule has 21 heavy (non-hydrogen) atoms. The van der Waals surface area contributed by atoms with E-state index >= 15 is 0 Å². The van der Waals surface area contributed by atoms with Crippen LogP contribution in [0.15, 0.2) is 24.3 Å². The number of ether oxygens (including phenoxy) is 1. The van der Waals surface area contributed by atoms with E-state index in [1.54, 1.807) is 13.8 Å². The van der Waals surface area contributed by atoms with Gasteiger partial charge in [0.05, 0.1) is 12.5 Å². The average Bonchev–Trinajstić information content (AvgIpc) is 2.44. The first kappa shape index (κ1) is 17.7. The van der Waals surface area contributed by atoms with Gasteiger partial charge in [-0.05, 0) is 37.3 Å². The van der Waals surface area contributed by atoms with Crippen molar-refractivity contribution >= 4 is 5.97 Å². The first-order valence-corrected chi connectivity index (χ1v) is 7.84. The van der Waals surface area contributed by atoms with E-state index in [0.29, 0.717) is 18.9 Å². The highest BCUT2D eigenvalue weighted by Crippen LogP contribution is 2.34. The van der Waals surface area contributed by atoms with Crippen molar-refractivity contribution in [2.24, 2.45) is 5.92 Å². The predicted molar refractivity (Wildman–Crippen MR) is 85.1 cm³/mol. The van der Waals surface area contributed by atoms with Gasteiger partial charge in [-0.25, -0.2) is 0 Å². The van der Waals surface area contributed by atoms with E-state index in [9.17, 15) is 9.90 Å². The molecule has 118 valence electrons.